The number of hydrogen-bond donors (Lipinski definition) is 0. The van der Waals surface area contributed by atoms with Crippen molar-refractivity contribution in [3.8, 4) is 11.8 Å². The van der Waals surface area contributed by atoms with Gasteiger partial charge in [-0.25, -0.2) is 0 Å². The Labute approximate surface area is 93.0 Å². The topological polar surface area (TPSA) is 17.1 Å². The minimum Gasteiger partial charge on any atom is -0.294 e. The van der Waals surface area contributed by atoms with Crippen molar-refractivity contribution in [2.24, 2.45) is 0 Å². The number of ketones is 1. The number of rotatable bonds is 1. The molecule has 0 bridgehead atoms. The number of halogens is 2. The monoisotopic (exact) mass is 226 g/mol. The Hall–Kier alpha value is -0.970. The molecule has 0 heterocycles. The second kappa shape index (κ2) is 5.05. The van der Waals surface area contributed by atoms with Gasteiger partial charge < -0.3 is 0 Å². The van der Waals surface area contributed by atoms with E-state index in [1.165, 1.54) is 6.92 Å². The molecule has 1 nitrogen and oxygen atoms in total. The number of alkyl halides is 1. The highest BCUT2D eigenvalue weighted by atomic mass is 35.5. The van der Waals surface area contributed by atoms with Crippen molar-refractivity contribution in [3.63, 3.8) is 0 Å². The van der Waals surface area contributed by atoms with Crippen molar-refractivity contribution in [2.45, 2.75) is 6.92 Å². The summed E-state index contributed by atoms with van der Waals surface area (Å²) in [7, 11) is 0. The van der Waals surface area contributed by atoms with E-state index < -0.39 is 0 Å². The zero-order valence-electron chi connectivity index (χ0n) is 7.60. The van der Waals surface area contributed by atoms with E-state index >= 15 is 0 Å². The molecule has 0 atom stereocenters. The van der Waals surface area contributed by atoms with Gasteiger partial charge in [0.2, 0.25) is 0 Å². The molecule has 0 spiro atoms. The van der Waals surface area contributed by atoms with Gasteiger partial charge in [-0.15, -0.1) is 11.6 Å². The summed E-state index contributed by atoms with van der Waals surface area (Å²) < 4.78 is 0. The molecule has 3 heteroatoms. The molecule has 0 saturated carbocycles. The Morgan fingerprint density at radius 2 is 2.21 bits per heavy atom. The van der Waals surface area contributed by atoms with Crippen LogP contribution >= 0.6 is 23.2 Å². The Balaban J connectivity index is 3.06. The van der Waals surface area contributed by atoms with E-state index in [0.29, 0.717) is 10.6 Å². The number of carbonyl (C=O) groups excluding carboxylic acids is 1. The van der Waals surface area contributed by atoms with Gasteiger partial charge in [0.25, 0.3) is 0 Å². The van der Waals surface area contributed by atoms with Crippen LogP contribution < -0.4 is 0 Å². The summed E-state index contributed by atoms with van der Waals surface area (Å²) in [6.45, 7) is 1.48. The van der Waals surface area contributed by atoms with E-state index in [9.17, 15) is 4.79 Å². The zero-order chi connectivity index (χ0) is 10.6. The fourth-order valence-electron chi connectivity index (χ4n) is 1.01. The Morgan fingerprint density at radius 1 is 1.50 bits per heavy atom. The normalized spacial score (nSPS) is 9.07. The highest BCUT2D eigenvalue weighted by Gasteiger charge is 2.04. The van der Waals surface area contributed by atoms with Crippen LogP contribution in [0.5, 0.6) is 0 Å². The van der Waals surface area contributed by atoms with Gasteiger partial charge in [0.05, 0.1) is 10.9 Å². The predicted octanol–water partition coefficient (Wildman–Crippen LogP) is 3.13. The fourth-order valence-corrected chi connectivity index (χ4v) is 1.39. The molecule has 14 heavy (non-hydrogen) atoms. The van der Waals surface area contributed by atoms with E-state index in [-0.39, 0.29) is 11.7 Å². The number of benzene rings is 1. The van der Waals surface area contributed by atoms with Crippen molar-refractivity contribution >= 4 is 29.0 Å². The van der Waals surface area contributed by atoms with Gasteiger partial charge in [0.15, 0.2) is 5.78 Å². The maximum atomic E-state index is 11.0. The first-order valence-corrected chi connectivity index (χ1v) is 4.91. The lowest BCUT2D eigenvalue weighted by atomic mass is 10.1. The lowest BCUT2D eigenvalue weighted by Crippen LogP contribution is -1.93. The first-order valence-electron chi connectivity index (χ1n) is 4.00. The zero-order valence-corrected chi connectivity index (χ0v) is 9.12. The summed E-state index contributed by atoms with van der Waals surface area (Å²) in [6.07, 6.45) is 0. The fraction of sp³-hybridized carbons (Fsp3) is 0.182. The summed E-state index contributed by atoms with van der Waals surface area (Å²) in [6, 6.07) is 5.09. The summed E-state index contributed by atoms with van der Waals surface area (Å²) in [5, 5.41) is 0.430. The molecular formula is C11H8Cl2O. The molecule has 0 amide bonds. The molecule has 0 unspecified atom stereocenters. The van der Waals surface area contributed by atoms with Gasteiger partial charge in [-0.05, 0) is 25.1 Å². The second-order valence-corrected chi connectivity index (χ2v) is 3.36. The van der Waals surface area contributed by atoms with Crippen LogP contribution in [0.4, 0.5) is 0 Å². The quantitative estimate of drug-likeness (QED) is 0.409. The van der Waals surface area contributed by atoms with Crippen LogP contribution in [0.15, 0.2) is 18.2 Å². The lowest BCUT2D eigenvalue weighted by molar-refractivity contribution is 0.101. The van der Waals surface area contributed by atoms with Gasteiger partial charge in [0.1, 0.15) is 0 Å². The molecule has 72 valence electrons. The van der Waals surface area contributed by atoms with Crippen molar-refractivity contribution < 1.29 is 4.79 Å². The van der Waals surface area contributed by atoms with Crippen LogP contribution in [0.1, 0.15) is 22.8 Å². The first kappa shape index (κ1) is 11.1. The van der Waals surface area contributed by atoms with Crippen LogP contribution in [0.25, 0.3) is 0 Å². The van der Waals surface area contributed by atoms with Gasteiger partial charge in [-0.3, -0.25) is 4.79 Å². The molecule has 0 aliphatic carbocycles. The highest BCUT2D eigenvalue weighted by Crippen LogP contribution is 2.17. The lowest BCUT2D eigenvalue weighted by Gasteiger charge is -1.99. The SMILES string of the molecule is CC(=O)c1ccc(C#CCCl)cc1Cl. The van der Waals surface area contributed by atoms with Crippen LogP contribution in [-0.2, 0) is 0 Å². The van der Waals surface area contributed by atoms with Gasteiger partial charge in [0, 0.05) is 11.1 Å². The number of Topliss-reactive ketones (excluding diaryl/α,β-unsaturated/α-hetero) is 1. The highest BCUT2D eigenvalue weighted by molar-refractivity contribution is 6.34. The van der Waals surface area contributed by atoms with Crippen LogP contribution in [0.3, 0.4) is 0 Å². The minimum absolute atomic E-state index is 0.0492. The van der Waals surface area contributed by atoms with E-state index in [4.69, 9.17) is 23.2 Å². The van der Waals surface area contributed by atoms with Crippen LogP contribution in [0, 0.1) is 11.8 Å². The number of hydrogen-bond acceptors (Lipinski definition) is 1. The Morgan fingerprint density at radius 3 is 2.71 bits per heavy atom. The maximum Gasteiger partial charge on any atom is 0.161 e. The average molecular weight is 227 g/mol. The molecule has 1 rings (SSSR count). The molecule has 0 aliphatic rings. The van der Waals surface area contributed by atoms with Crippen molar-refractivity contribution in [3.05, 3.63) is 34.3 Å². The van der Waals surface area contributed by atoms with E-state index in [2.05, 4.69) is 11.8 Å². The average Bonchev–Trinajstić information content (AvgIpc) is 2.14. The Kier molecular flexibility index (Phi) is 4.00. The van der Waals surface area contributed by atoms with E-state index in [1.807, 2.05) is 0 Å². The molecule has 0 aliphatic heterocycles. The first-order chi connectivity index (χ1) is 6.65. The molecular weight excluding hydrogens is 219 g/mol. The van der Waals surface area contributed by atoms with Gasteiger partial charge in [-0.2, -0.15) is 0 Å². The molecule has 0 aromatic heterocycles. The standard InChI is InChI=1S/C11H8Cl2O/c1-8(14)10-5-4-9(3-2-6-12)7-11(10)13/h4-5,7H,6H2,1H3. The smallest absolute Gasteiger partial charge is 0.161 e. The van der Waals surface area contributed by atoms with Crippen molar-refractivity contribution in [2.75, 3.05) is 5.88 Å². The summed E-state index contributed by atoms with van der Waals surface area (Å²) in [5.74, 6) is 5.77. The van der Waals surface area contributed by atoms with Gasteiger partial charge >= 0.3 is 0 Å². The third kappa shape index (κ3) is 2.77. The molecule has 1 aromatic rings. The van der Waals surface area contributed by atoms with Crippen LogP contribution in [0.2, 0.25) is 5.02 Å². The molecule has 0 radical (unpaired) electrons. The summed E-state index contributed by atoms with van der Waals surface area (Å²) >= 11 is 11.3. The third-order valence-electron chi connectivity index (χ3n) is 1.65. The molecule has 0 saturated heterocycles. The van der Waals surface area contributed by atoms with Crippen molar-refractivity contribution in [1.82, 2.24) is 0 Å². The molecule has 1 aromatic carbocycles. The molecule has 0 fully saturated rings. The third-order valence-corrected chi connectivity index (χ3v) is 2.09. The largest absolute Gasteiger partial charge is 0.294 e. The predicted molar refractivity (Wildman–Crippen MR) is 59.1 cm³/mol. The summed E-state index contributed by atoms with van der Waals surface area (Å²) in [5.41, 5.74) is 1.28. The second-order valence-electron chi connectivity index (χ2n) is 2.69. The summed E-state index contributed by atoms with van der Waals surface area (Å²) in [4.78, 5) is 11.0. The van der Waals surface area contributed by atoms with Crippen molar-refractivity contribution in [1.29, 1.82) is 0 Å². The van der Waals surface area contributed by atoms with Gasteiger partial charge in [-0.1, -0.05) is 23.4 Å². The number of carbonyl (C=O) groups is 1. The maximum absolute atomic E-state index is 11.0. The van der Waals surface area contributed by atoms with E-state index in [0.717, 1.165) is 5.56 Å². The van der Waals surface area contributed by atoms with Crippen LogP contribution in [-0.4, -0.2) is 11.7 Å². The van der Waals surface area contributed by atoms with E-state index in [1.54, 1.807) is 18.2 Å². The minimum atomic E-state index is -0.0492. The molecule has 0 N–H and O–H groups in total. The Bertz CT molecular complexity index is 413.